The second kappa shape index (κ2) is 8.37. The van der Waals surface area contributed by atoms with Crippen molar-refractivity contribution in [3.8, 4) is 5.75 Å². The number of phenols is 1. The maximum atomic E-state index is 11.0. The maximum Gasteiger partial charge on any atom is 0.145 e. The lowest BCUT2D eigenvalue weighted by Gasteiger charge is -2.20. The number of pyridine rings is 2. The van der Waals surface area contributed by atoms with Gasteiger partial charge in [-0.3, -0.25) is 9.97 Å². The highest BCUT2D eigenvalue weighted by Crippen LogP contribution is 2.39. The Hall–Kier alpha value is -2.04. The van der Waals surface area contributed by atoms with Gasteiger partial charge in [-0.25, -0.2) is 0 Å². The number of nitrogens with zero attached hydrogens (tertiary/aromatic N) is 2. The Morgan fingerprint density at radius 3 is 2.34 bits per heavy atom. The summed E-state index contributed by atoms with van der Waals surface area (Å²) in [5.41, 5.74) is 2.80. The second-order valence-corrected chi connectivity index (χ2v) is 8.32. The smallest absolute Gasteiger partial charge is 0.145 e. The van der Waals surface area contributed by atoms with Gasteiger partial charge in [-0.15, -0.1) is 0 Å². The predicted molar refractivity (Wildman–Crippen MR) is 120 cm³/mol. The molecule has 4 aromatic rings. The minimum Gasteiger partial charge on any atom is -0.505 e. The SMILES string of the molecule is Oc1c(C(Cc2cc(Cl)c(Cl)cn2)c2cc(Cl)cc(Cl)c2)ccc2cccnc12. The molecule has 0 aliphatic carbocycles. The van der Waals surface area contributed by atoms with Gasteiger partial charge in [-0.1, -0.05) is 64.6 Å². The molecule has 0 spiro atoms. The van der Waals surface area contributed by atoms with Crippen molar-refractivity contribution in [3.63, 3.8) is 0 Å². The molecule has 0 bridgehead atoms. The van der Waals surface area contributed by atoms with E-state index in [1.807, 2.05) is 36.4 Å². The normalized spacial score (nSPS) is 12.3. The summed E-state index contributed by atoms with van der Waals surface area (Å²) in [4.78, 5) is 8.72. The standard InChI is InChI=1S/C22H14Cl4N2O/c23-14-6-13(7-15(24)8-14)18(9-16-10-19(25)20(26)11-28-16)17-4-3-12-2-1-5-27-21(12)22(17)29/h1-8,10-11,18,29H,9H2. The molecule has 0 saturated heterocycles. The molecule has 1 atom stereocenters. The van der Waals surface area contributed by atoms with Crippen molar-refractivity contribution in [2.75, 3.05) is 0 Å². The van der Waals surface area contributed by atoms with Gasteiger partial charge in [-0.05, 0) is 35.9 Å². The minimum absolute atomic E-state index is 0.115. The Labute approximate surface area is 187 Å². The van der Waals surface area contributed by atoms with E-state index in [1.54, 1.807) is 18.3 Å². The average molecular weight is 464 g/mol. The fourth-order valence-corrected chi connectivity index (χ4v) is 4.21. The highest BCUT2D eigenvalue weighted by Gasteiger charge is 2.22. The van der Waals surface area contributed by atoms with Gasteiger partial charge in [0.15, 0.2) is 0 Å². The minimum atomic E-state index is -0.276. The number of rotatable bonds is 4. The molecule has 0 saturated carbocycles. The predicted octanol–water partition coefficient (Wildman–Crippen LogP) is 7.32. The highest BCUT2D eigenvalue weighted by molar-refractivity contribution is 6.41. The molecule has 0 aliphatic heterocycles. The zero-order valence-corrected chi connectivity index (χ0v) is 17.9. The van der Waals surface area contributed by atoms with Gasteiger partial charge < -0.3 is 5.11 Å². The van der Waals surface area contributed by atoms with E-state index in [2.05, 4.69) is 9.97 Å². The monoisotopic (exact) mass is 462 g/mol. The maximum absolute atomic E-state index is 11.0. The van der Waals surface area contributed by atoms with Crippen LogP contribution in [0.2, 0.25) is 20.1 Å². The molecule has 146 valence electrons. The average Bonchev–Trinajstić information content (AvgIpc) is 2.69. The van der Waals surface area contributed by atoms with Crippen LogP contribution in [0.25, 0.3) is 10.9 Å². The largest absolute Gasteiger partial charge is 0.505 e. The molecule has 2 aromatic heterocycles. The van der Waals surface area contributed by atoms with Crippen molar-refractivity contribution in [1.82, 2.24) is 9.97 Å². The van der Waals surface area contributed by atoms with Crippen molar-refractivity contribution in [1.29, 1.82) is 0 Å². The number of aromatic hydroxyl groups is 1. The number of aromatic nitrogens is 2. The molecule has 1 unspecified atom stereocenters. The molecular formula is C22H14Cl4N2O. The molecular weight excluding hydrogens is 450 g/mol. The Balaban J connectivity index is 1.88. The number of hydrogen-bond acceptors (Lipinski definition) is 3. The first-order chi connectivity index (χ1) is 13.9. The number of halogens is 4. The first-order valence-corrected chi connectivity index (χ1v) is 10.3. The zero-order valence-electron chi connectivity index (χ0n) is 14.9. The lowest BCUT2D eigenvalue weighted by Crippen LogP contribution is -2.07. The third-order valence-electron chi connectivity index (χ3n) is 4.72. The van der Waals surface area contributed by atoms with E-state index < -0.39 is 0 Å². The summed E-state index contributed by atoms with van der Waals surface area (Å²) < 4.78 is 0. The van der Waals surface area contributed by atoms with Gasteiger partial charge in [0.05, 0.1) is 10.0 Å². The number of phenolic OH excluding ortho intramolecular Hbond substituents is 1. The van der Waals surface area contributed by atoms with Crippen molar-refractivity contribution < 1.29 is 5.11 Å². The fraction of sp³-hybridized carbons (Fsp3) is 0.0909. The summed E-state index contributed by atoms with van der Waals surface area (Å²) in [6.45, 7) is 0. The van der Waals surface area contributed by atoms with Crippen LogP contribution in [0.1, 0.15) is 22.7 Å². The summed E-state index contributed by atoms with van der Waals surface area (Å²) in [5.74, 6) is -0.161. The van der Waals surface area contributed by atoms with E-state index in [-0.39, 0.29) is 11.7 Å². The summed E-state index contributed by atoms with van der Waals surface area (Å²) in [6.07, 6.45) is 3.63. The summed E-state index contributed by atoms with van der Waals surface area (Å²) >= 11 is 24.7. The van der Waals surface area contributed by atoms with Crippen LogP contribution in [0, 0.1) is 0 Å². The highest BCUT2D eigenvalue weighted by atomic mass is 35.5. The lowest BCUT2D eigenvalue weighted by atomic mass is 9.86. The van der Waals surface area contributed by atoms with Crippen LogP contribution in [0.15, 0.2) is 60.9 Å². The molecule has 0 fully saturated rings. The van der Waals surface area contributed by atoms with Gasteiger partial charge in [0.1, 0.15) is 11.3 Å². The fourth-order valence-electron chi connectivity index (χ4n) is 3.38. The third kappa shape index (κ3) is 4.29. The molecule has 0 aliphatic rings. The van der Waals surface area contributed by atoms with E-state index in [4.69, 9.17) is 46.4 Å². The van der Waals surface area contributed by atoms with Crippen LogP contribution in [0.3, 0.4) is 0 Å². The summed E-state index contributed by atoms with van der Waals surface area (Å²) in [5, 5.41) is 13.7. The second-order valence-electron chi connectivity index (χ2n) is 6.63. The Morgan fingerprint density at radius 1 is 0.862 bits per heavy atom. The first kappa shape index (κ1) is 20.2. The summed E-state index contributed by atoms with van der Waals surface area (Å²) in [6, 6.07) is 14.6. The topological polar surface area (TPSA) is 46.0 Å². The van der Waals surface area contributed by atoms with Crippen molar-refractivity contribution in [3.05, 3.63) is 97.8 Å². The molecule has 0 radical (unpaired) electrons. The Bertz CT molecular complexity index is 1190. The molecule has 7 heteroatoms. The molecule has 0 amide bonds. The first-order valence-electron chi connectivity index (χ1n) is 8.75. The van der Waals surface area contributed by atoms with Gasteiger partial charge >= 0.3 is 0 Å². The van der Waals surface area contributed by atoms with E-state index in [1.165, 1.54) is 6.20 Å². The number of hydrogen-bond donors (Lipinski definition) is 1. The molecule has 2 aromatic carbocycles. The van der Waals surface area contributed by atoms with Crippen molar-refractivity contribution in [2.45, 2.75) is 12.3 Å². The number of fused-ring (bicyclic) bond motifs is 1. The number of benzene rings is 2. The van der Waals surface area contributed by atoms with Crippen molar-refractivity contribution >= 4 is 57.3 Å². The molecule has 29 heavy (non-hydrogen) atoms. The molecule has 2 heterocycles. The summed E-state index contributed by atoms with van der Waals surface area (Å²) in [7, 11) is 0. The molecule has 4 rings (SSSR count). The van der Waals surface area contributed by atoms with Gasteiger partial charge in [0.2, 0.25) is 0 Å². The Morgan fingerprint density at radius 2 is 1.62 bits per heavy atom. The van der Waals surface area contributed by atoms with Crippen LogP contribution in [-0.4, -0.2) is 15.1 Å². The van der Waals surface area contributed by atoms with E-state index in [9.17, 15) is 5.11 Å². The molecule has 3 nitrogen and oxygen atoms in total. The van der Waals surface area contributed by atoms with E-state index in [0.717, 1.165) is 16.6 Å². The lowest BCUT2D eigenvalue weighted by molar-refractivity contribution is 0.469. The van der Waals surface area contributed by atoms with E-state index >= 15 is 0 Å². The quantitative estimate of drug-likeness (QED) is 0.344. The van der Waals surface area contributed by atoms with Crippen LogP contribution < -0.4 is 0 Å². The van der Waals surface area contributed by atoms with Crippen LogP contribution >= 0.6 is 46.4 Å². The van der Waals surface area contributed by atoms with Crippen molar-refractivity contribution in [2.24, 2.45) is 0 Å². The van der Waals surface area contributed by atoms with Gasteiger partial charge in [-0.2, -0.15) is 0 Å². The van der Waals surface area contributed by atoms with Gasteiger partial charge in [0, 0.05) is 51.4 Å². The van der Waals surface area contributed by atoms with Crippen LogP contribution in [-0.2, 0) is 6.42 Å². The Kier molecular flexibility index (Phi) is 5.84. The third-order valence-corrected chi connectivity index (χ3v) is 5.87. The van der Waals surface area contributed by atoms with Crippen LogP contribution in [0.4, 0.5) is 0 Å². The van der Waals surface area contributed by atoms with E-state index in [0.29, 0.717) is 37.6 Å². The zero-order chi connectivity index (χ0) is 20.5. The molecule has 1 N–H and O–H groups in total. The van der Waals surface area contributed by atoms with Crippen LogP contribution in [0.5, 0.6) is 5.75 Å². The van der Waals surface area contributed by atoms with Gasteiger partial charge in [0.25, 0.3) is 0 Å².